The van der Waals surface area contributed by atoms with E-state index in [1.165, 1.54) is 12.1 Å². The summed E-state index contributed by atoms with van der Waals surface area (Å²) in [6, 6.07) is 6.94. The SMILES string of the molecule is CCCN=C(N)C1=C(N)C=CC(/C(C)=C/C=C(\C)CNc2ncccc2C(=O)Nc2ccc(O)c(F)c2)C1. The second kappa shape index (κ2) is 13.2. The molecule has 1 aliphatic carbocycles. The van der Waals surface area contributed by atoms with Crippen molar-refractivity contribution in [1.82, 2.24) is 4.98 Å². The molecule has 200 valence electrons. The molecule has 3 rings (SSSR count). The molecule has 0 fully saturated rings. The first-order valence-corrected chi connectivity index (χ1v) is 12.5. The Morgan fingerprint density at radius 1 is 1.29 bits per heavy atom. The Hall–Kier alpha value is -4.40. The number of halogens is 1. The van der Waals surface area contributed by atoms with E-state index in [0.717, 1.165) is 29.2 Å². The highest BCUT2D eigenvalue weighted by atomic mass is 19.1. The molecule has 0 saturated carbocycles. The van der Waals surface area contributed by atoms with Crippen LogP contribution in [-0.2, 0) is 0 Å². The van der Waals surface area contributed by atoms with Crippen LogP contribution in [0.25, 0.3) is 0 Å². The highest BCUT2D eigenvalue weighted by Gasteiger charge is 2.19. The first kappa shape index (κ1) is 28.2. The highest BCUT2D eigenvalue weighted by Crippen LogP contribution is 2.27. The molecule has 7 N–H and O–H groups in total. The first-order chi connectivity index (χ1) is 18.2. The lowest BCUT2D eigenvalue weighted by Crippen LogP contribution is -2.23. The average Bonchev–Trinajstić information content (AvgIpc) is 2.91. The monoisotopic (exact) mass is 518 g/mol. The number of amides is 1. The highest BCUT2D eigenvalue weighted by molar-refractivity contribution is 6.07. The fraction of sp³-hybridized carbons (Fsp3) is 0.276. The van der Waals surface area contributed by atoms with Gasteiger partial charge >= 0.3 is 0 Å². The number of phenols is 1. The number of nitrogens with two attached hydrogens (primary N) is 2. The number of rotatable bonds is 10. The number of hydrogen-bond donors (Lipinski definition) is 5. The molecule has 9 heteroatoms. The lowest BCUT2D eigenvalue weighted by molar-refractivity contribution is 0.102. The number of amidine groups is 1. The molecule has 1 unspecified atom stereocenters. The van der Waals surface area contributed by atoms with Crippen LogP contribution < -0.4 is 22.1 Å². The number of allylic oxidation sites excluding steroid dienone is 5. The van der Waals surface area contributed by atoms with Gasteiger partial charge in [0.25, 0.3) is 5.91 Å². The number of aromatic hydroxyl groups is 1. The Kier molecular flexibility index (Phi) is 9.81. The van der Waals surface area contributed by atoms with E-state index in [1.54, 1.807) is 18.3 Å². The summed E-state index contributed by atoms with van der Waals surface area (Å²) >= 11 is 0. The molecule has 0 spiro atoms. The number of anilines is 2. The van der Waals surface area contributed by atoms with Gasteiger partial charge in [-0.05, 0) is 57.0 Å². The summed E-state index contributed by atoms with van der Waals surface area (Å²) in [5, 5.41) is 15.2. The first-order valence-electron chi connectivity index (χ1n) is 12.5. The molecule has 0 radical (unpaired) electrons. The number of nitrogens with zero attached hydrogens (tertiary/aromatic N) is 2. The van der Waals surface area contributed by atoms with E-state index >= 15 is 0 Å². The van der Waals surface area contributed by atoms with E-state index in [4.69, 9.17) is 11.5 Å². The smallest absolute Gasteiger partial charge is 0.259 e. The zero-order chi connectivity index (χ0) is 27.7. The maximum Gasteiger partial charge on any atom is 0.259 e. The summed E-state index contributed by atoms with van der Waals surface area (Å²) in [7, 11) is 0. The largest absolute Gasteiger partial charge is 0.505 e. The Balaban J connectivity index is 1.63. The third-order valence-electron chi connectivity index (χ3n) is 6.10. The molecule has 0 aliphatic heterocycles. The number of carbonyl (C=O) groups is 1. The van der Waals surface area contributed by atoms with Gasteiger partial charge in [-0.25, -0.2) is 9.37 Å². The van der Waals surface area contributed by atoms with Gasteiger partial charge in [0.15, 0.2) is 11.6 Å². The van der Waals surface area contributed by atoms with Gasteiger partial charge in [-0.15, -0.1) is 0 Å². The van der Waals surface area contributed by atoms with Gasteiger partial charge < -0.3 is 27.2 Å². The van der Waals surface area contributed by atoms with Crippen LogP contribution in [-0.4, -0.2) is 34.9 Å². The second-order valence-corrected chi connectivity index (χ2v) is 9.17. The van der Waals surface area contributed by atoms with Gasteiger partial charge in [0.2, 0.25) is 0 Å². The van der Waals surface area contributed by atoms with Crippen LogP contribution in [0.2, 0.25) is 0 Å². The summed E-state index contributed by atoms with van der Waals surface area (Å²) < 4.78 is 13.6. The minimum Gasteiger partial charge on any atom is -0.505 e. The fourth-order valence-corrected chi connectivity index (χ4v) is 3.81. The molecule has 1 heterocycles. The summed E-state index contributed by atoms with van der Waals surface area (Å²) in [6.07, 6.45) is 11.3. The van der Waals surface area contributed by atoms with Crippen molar-refractivity contribution < 1.29 is 14.3 Å². The van der Waals surface area contributed by atoms with Crippen molar-refractivity contribution in [1.29, 1.82) is 0 Å². The molecule has 0 saturated heterocycles. The summed E-state index contributed by atoms with van der Waals surface area (Å²) in [5.41, 5.74) is 16.6. The Labute approximate surface area is 222 Å². The van der Waals surface area contributed by atoms with Gasteiger partial charge in [-0.1, -0.05) is 36.3 Å². The molecule has 8 nitrogen and oxygen atoms in total. The minimum absolute atomic E-state index is 0.167. The molecule has 1 amide bonds. The normalized spacial score (nSPS) is 16.5. The quantitative estimate of drug-likeness (QED) is 0.129. The predicted molar refractivity (Wildman–Crippen MR) is 151 cm³/mol. The molecule has 38 heavy (non-hydrogen) atoms. The lowest BCUT2D eigenvalue weighted by Gasteiger charge is -2.21. The number of benzene rings is 1. The molecule has 1 aromatic carbocycles. The second-order valence-electron chi connectivity index (χ2n) is 9.17. The van der Waals surface area contributed by atoms with Crippen LogP contribution in [0.4, 0.5) is 15.9 Å². The number of hydrogen-bond acceptors (Lipinski definition) is 6. The number of carbonyl (C=O) groups excluding carboxylic acids is 1. The van der Waals surface area contributed by atoms with Gasteiger partial charge in [0.05, 0.1) is 5.56 Å². The van der Waals surface area contributed by atoms with Crippen LogP contribution in [0.5, 0.6) is 5.75 Å². The molecule has 1 atom stereocenters. The van der Waals surface area contributed by atoms with Gasteiger partial charge in [-0.2, -0.15) is 0 Å². The summed E-state index contributed by atoms with van der Waals surface area (Å²) in [5.74, 6) is -0.668. The van der Waals surface area contributed by atoms with E-state index < -0.39 is 17.5 Å². The van der Waals surface area contributed by atoms with E-state index in [2.05, 4.69) is 46.6 Å². The number of aliphatic imine (C=N–C) groups is 1. The number of aromatic nitrogens is 1. The topological polar surface area (TPSA) is 139 Å². The predicted octanol–water partition coefficient (Wildman–Crippen LogP) is 5.04. The number of nitrogens with one attached hydrogen (secondary N) is 2. The third kappa shape index (κ3) is 7.55. The van der Waals surface area contributed by atoms with E-state index in [9.17, 15) is 14.3 Å². The third-order valence-corrected chi connectivity index (χ3v) is 6.10. The Morgan fingerprint density at radius 2 is 2.08 bits per heavy atom. The van der Waals surface area contributed by atoms with E-state index in [1.807, 2.05) is 19.1 Å². The van der Waals surface area contributed by atoms with Crippen LogP contribution >= 0.6 is 0 Å². The minimum atomic E-state index is -0.816. The Morgan fingerprint density at radius 3 is 2.82 bits per heavy atom. The molecular formula is C29H35FN6O2. The summed E-state index contributed by atoms with van der Waals surface area (Å²) in [6.45, 7) is 7.24. The fourth-order valence-electron chi connectivity index (χ4n) is 3.81. The van der Waals surface area contributed by atoms with Gasteiger partial charge in [0.1, 0.15) is 11.7 Å². The van der Waals surface area contributed by atoms with Crippen molar-refractivity contribution in [2.75, 3.05) is 23.7 Å². The zero-order valence-electron chi connectivity index (χ0n) is 22.0. The van der Waals surface area contributed by atoms with Crippen molar-refractivity contribution in [2.45, 2.75) is 33.6 Å². The Bertz CT molecular complexity index is 1330. The lowest BCUT2D eigenvalue weighted by atomic mass is 9.86. The van der Waals surface area contributed by atoms with Crippen molar-refractivity contribution in [3.8, 4) is 5.75 Å². The standard InChI is InChI=1S/C29H35FN6O2/c1-4-13-33-27(32)23-15-20(9-11-25(23)31)19(3)8-7-18(2)17-35-28-22(6-5-14-34-28)29(38)36-21-10-12-26(37)24(30)16-21/h5-12,14,16,20,37H,4,13,15,17,31H2,1-3H3,(H2,32,33)(H,34,35)(H,36,38)/b18-7+,19-8+. The van der Waals surface area contributed by atoms with Crippen molar-refractivity contribution in [3.05, 3.63) is 94.6 Å². The van der Waals surface area contributed by atoms with Crippen molar-refractivity contribution in [3.63, 3.8) is 0 Å². The molecule has 2 aromatic rings. The summed E-state index contributed by atoms with van der Waals surface area (Å²) in [4.78, 5) is 21.5. The molecule has 0 bridgehead atoms. The van der Waals surface area contributed by atoms with Gasteiger partial charge in [-0.3, -0.25) is 9.79 Å². The number of phenolic OH excluding ortho intramolecular Hbond substituents is 1. The van der Waals surface area contributed by atoms with Crippen LogP contribution in [0.1, 0.15) is 44.0 Å². The maximum atomic E-state index is 13.6. The van der Waals surface area contributed by atoms with Gasteiger partial charge in [0, 0.05) is 48.2 Å². The molecular weight excluding hydrogens is 483 g/mol. The van der Waals surface area contributed by atoms with E-state index in [0.29, 0.717) is 42.4 Å². The van der Waals surface area contributed by atoms with Crippen LogP contribution in [0.3, 0.4) is 0 Å². The van der Waals surface area contributed by atoms with Crippen LogP contribution in [0, 0.1) is 11.7 Å². The molecule has 1 aromatic heterocycles. The number of pyridine rings is 1. The van der Waals surface area contributed by atoms with E-state index in [-0.39, 0.29) is 11.6 Å². The maximum absolute atomic E-state index is 13.6. The molecule has 1 aliphatic rings. The van der Waals surface area contributed by atoms with Crippen LogP contribution in [0.15, 0.2) is 88.2 Å². The van der Waals surface area contributed by atoms with Crippen molar-refractivity contribution >= 4 is 23.2 Å². The zero-order valence-corrected chi connectivity index (χ0v) is 22.0. The average molecular weight is 519 g/mol. The van der Waals surface area contributed by atoms with Crippen molar-refractivity contribution in [2.24, 2.45) is 22.4 Å².